The molecule has 3 amide bonds. The van der Waals surface area contributed by atoms with E-state index < -0.39 is 60.3 Å². The van der Waals surface area contributed by atoms with Gasteiger partial charge >= 0.3 is 11.9 Å². The predicted molar refractivity (Wildman–Crippen MR) is 153 cm³/mol. The summed E-state index contributed by atoms with van der Waals surface area (Å²) in [6.07, 6.45) is 4.98. The molecule has 226 valence electrons. The minimum Gasteiger partial charge on any atom is -0.481 e. The van der Waals surface area contributed by atoms with E-state index in [1.165, 1.54) is 11.8 Å². The summed E-state index contributed by atoms with van der Waals surface area (Å²) in [5.74, 6) is -3.78. The smallest absolute Gasteiger partial charge is 0.329 e. The number of carbonyl (C=O) groups excluding carboxylic acids is 4. The number of unbranched alkanes of at least 4 members (excludes halogenated alkanes) is 1. The van der Waals surface area contributed by atoms with E-state index in [2.05, 4.69) is 10.6 Å². The number of nitrogens with zero attached hydrogens (tertiary/aromatic N) is 1. The summed E-state index contributed by atoms with van der Waals surface area (Å²) < 4.78 is 5.93. The number of carboxylic acids is 1. The molecule has 3 rings (SSSR count). The van der Waals surface area contributed by atoms with Gasteiger partial charge in [0.05, 0.1) is 12.8 Å². The van der Waals surface area contributed by atoms with Gasteiger partial charge in [-0.3, -0.25) is 19.2 Å². The van der Waals surface area contributed by atoms with Crippen LogP contribution in [0.3, 0.4) is 0 Å². The largest absolute Gasteiger partial charge is 0.481 e. The van der Waals surface area contributed by atoms with Gasteiger partial charge in [-0.15, -0.1) is 0 Å². The molecule has 1 saturated carbocycles. The van der Waals surface area contributed by atoms with Gasteiger partial charge in [-0.25, -0.2) is 4.79 Å². The molecule has 1 aliphatic carbocycles. The monoisotopic (exact) mass is 571 g/mol. The average molecular weight is 572 g/mol. The van der Waals surface area contributed by atoms with Crippen LogP contribution in [0.4, 0.5) is 0 Å². The van der Waals surface area contributed by atoms with Crippen molar-refractivity contribution in [1.29, 1.82) is 0 Å². The van der Waals surface area contributed by atoms with E-state index in [9.17, 15) is 29.1 Å². The number of cyclic esters (lactones) is 1. The Labute approximate surface area is 242 Å². The Hall–Kier alpha value is -3.43. The van der Waals surface area contributed by atoms with Crippen LogP contribution in [0, 0.1) is 5.92 Å². The van der Waals surface area contributed by atoms with Crippen LogP contribution in [0.2, 0.25) is 0 Å². The highest BCUT2D eigenvalue weighted by atomic mass is 16.5. The summed E-state index contributed by atoms with van der Waals surface area (Å²) in [6, 6.07) is 5.52. The van der Waals surface area contributed by atoms with Crippen LogP contribution in [-0.2, 0) is 35.1 Å². The van der Waals surface area contributed by atoms with Gasteiger partial charge in [-0.1, -0.05) is 76.3 Å². The molecule has 2 fully saturated rings. The molecule has 10 nitrogen and oxygen atoms in total. The lowest BCUT2D eigenvalue weighted by Crippen LogP contribution is -2.59. The molecular weight excluding hydrogens is 526 g/mol. The van der Waals surface area contributed by atoms with E-state index in [-0.39, 0.29) is 24.8 Å². The summed E-state index contributed by atoms with van der Waals surface area (Å²) in [5, 5.41) is 15.3. The fourth-order valence-electron chi connectivity index (χ4n) is 5.80. The maximum absolute atomic E-state index is 13.9. The highest BCUT2D eigenvalue weighted by Gasteiger charge is 2.42. The van der Waals surface area contributed by atoms with E-state index in [1.54, 1.807) is 0 Å². The van der Waals surface area contributed by atoms with Crippen LogP contribution >= 0.6 is 0 Å². The van der Waals surface area contributed by atoms with Crippen molar-refractivity contribution < 1.29 is 33.8 Å². The minimum atomic E-state index is -1.37. The van der Waals surface area contributed by atoms with Gasteiger partial charge < -0.3 is 25.4 Å². The number of rotatable bonds is 9. The molecule has 0 bridgehead atoms. The Morgan fingerprint density at radius 1 is 1.07 bits per heavy atom. The van der Waals surface area contributed by atoms with E-state index in [1.807, 2.05) is 44.2 Å². The third-order valence-corrected chi connectivity index (χ3v) is 8.16. The molecule has 0 radical (unpaired) electrons. The summed E-state index contributed by atoms with van der Waals surface area (Å²) in [4.78, 5) is 67.8. The van der Waals surface area contributed by atoms with Crippen molar-refractivity contribution in [2.75, 3.05) is 0 Å². The van der Waals surface area contributed by atoms with Crippen molar-refractivity contribution in [3.05, 3.63) is 35.9 Å². The van der Waals surface area contributed by atoms with E-state index in [0.717, 1.165) is 37.7 Å². The number of hydrogen-bond acceptors (Lipinski definition) is 6. The van der Waals surface area contributed by atoms with Crippen molar-refractivity contribution >= 4 is 29.7 Å². The first kappa shape index (κ1) is 32.1. The third kappa shape index (κ3) is 9.30. The average Bonchev–Trinajstić information content (AvgIpc) is 2.95. The minimum absolute atomic E-state index is 0.179. The van der Waals surface area contributed by atoms with E-state index in [4.69, 9.17) is 4.74 Å². The first-order valence-electron chi connectivity index (χ1n) is 15.0. The normalized spacial score (nSPS) is 26.1. The maximum atomic E-state index is 13.9. The third-order valence-electron chi connectivity index (χ3n) is 8.16. The summed E-state index contributed by atoms with van der Waals surface area (Å²) in [5.41, 5.74) is 0.834. The molecule has 0 unspecified atom stereocenters. The van der Waals surface area contributed by atoms with Gasteiger partial charge in [-0.05, 0) is 37.7 Å². The number of aliphatic carboxylic acids is 1. The number of amides is 3. The van der Waals surface area contributed by atoms with E-state index in [0.29, 0.717) is 19.3 Å². The van der Waals surface area contributed by atoms with Gasteiger partial charge in [0, 0.05) is 12.5 Å². The van der Waals surface area contributed by atoms with Crippen LogP contribution in [0.25, 0.3) is 0 Å². The number of hydrogen-bond donors (Lipinski definition) is 3. The van der Waals surface area contributed by atoms with Crippen LogP contribution in [0.15, 0.2) is 30.3 Å². The second-order valence-electron chi connectivity index (χ2n) is 11.5. The molecule has 1 heterocycles. The quantitative estimate of drug-likeness (QED) is 0.386. The van der Waals surface area contributed by atoms with Crippen LogP contribution in [0.1, 0.15) is 90.5 Å². The second-order valence-corrected chi connectivity index (χ2v) is 11.5. The molecule has 3 N–H and O–H groups in total. The second kappa shape index (κ2) is 15.5. The predicted octanol–water partition coefficient (Wildman–Crippen LogP) is 3.37. The molecule has 1 aromatic carbocycles. The molecule has 0 spiro atoms. The standard InChI is InChI=1S/C31H45N3O7/c1-4-5-12-20(2)26-19-27(35)33-24(17-22-13-8-6-9-14-22)29(38)32-21(3)30(39)34(23-15-10-7-11-16-23)25(18-28(36)37)31(40)41-26/h6,8-9,13-14,20-21,23-26H,4-5,7,10-12,15-19H2,1-3H3,(H,32,38)(H,33,35)(H,36,37)/t20-,21+,24+,25-,26+/m0/s1. The number of benzene rings is 1. The lowest BCUT2D eigenvalue weighted by atomic mass is 9.91. The zero-order chi connectivity index (χ0) is 29.9. The molecule has 1 aliphatic heterocycles. The number of carboxylic acid groups (broad SMARTS) is 1. The number of carbonyl (C=O) groups is 5. The molecule has 0 aromatic heterocycles. The number of esters is 1. The Bertz CT molecular complexity index is 1060. The summed E-state index contributed by atoms with van der Waals surface area (Å²) in [6.45, 7) is 5.46. The van der Waals surface area contributed by atoms with Crippen LogP contribution < -0.4 is 10.6 Å². The Kier molecular flexibility index (Phi) is 12.2. The van der Waals surface area contributed by atoms with E-state index >= 15 is 0 Å². The summed E-state index contributed by atoms with van der Waals surface area (Å²) >= 11 is 0. The first-order chi connectivity index (χ1) is 19.6. The van der Waals surface area contributed by atoms with Crippen molar-refractivity contribution in [2.24, 2.45) is 5.92 Å². The Balaban J connectivity index is 2.03. The lowest BCUT2D eigenvalue weighted by molar-refractivity contribution is -0.168. The van der Waals surface area contributed by atoms with Gasteiger partial charge in [0.25, 0.3) is 0 Å². The first-order valence-corrected chi connectivity index (χ1v) is 15.0. The number of nitrogens with one attached hydrogen (secondary N) is 2. The maximum Gasteiger partial charge on any atom is 0.329 e. The SMILES string of the molecule is CCCC[C@H](C)[C@H]1CC(=O)N[C@H](Cc2ccccc2)C(=O)N[C@H](C)C(=O)N(C2CCCCC2)[C@@H](CC(=O)O)C(=O)O1. The Morgan fingerprint density at radius 3 is 2.39 bits per heavy atom. The number of ether oxygens (including phenoxy) is 1. The highest BCUT2D eigenvalue weighted by molar-refractivity contribution is 5.95. The van der Waals surface area contributed by atoms with Crippen molar-refractivity contribution in [2.45, 2.75) is 122 Å². The molecule has 1 aromatic rings. The van der Waals surface area contributed by atoms with Gasteiger partial charge in [-0.2, -0.15) is 0 Å². The molecule has 41 heavy (non-hydrogen) atoms. The fraction of sp³-hybridized carbons (Fsp3) is 0.645. The van der Waals surface area contributed by atoms with Gasteiger partial charge in [0.15, 0.2) is 0 Å². The van der Waals surface area contributed by atoms with Crippen LogP contribution in [0.5, 0.6) is 0 Å². The van der Waals surface area contributed by atoms with Crippen LogP contribution in [-0.4, -0.2) is 69.9 Å². The molecule has 5 atom stereocenters. The van der Waals surface area contributed by atoms with Crippen molar-refractivity contribution in [3.63, 3.8) is 0 Å². The zero-order valence-corrected chi connectivity index (χ0v) is 24.5. The highest BCUT2D eigenvalue weighted by Crippen LogP contribution is 2.28. The topological polar surface area (TPSA) is 142 Å². The molecule has 1 saturated heterocycles. The fourth-order valence-corrected chi connectivity index (χ4v) is 5.80. The molecular formula is C31H45N3O7. The van der Waals surface area contributed by atoms with Gasteiger partial charge in [0.2, 0.25) is 17.7 Å². The molecule has 2 aliphatic rings. The molecule has 10 heteroatoms. The van der Waals surface area contributed by atoms with Crippen molar-refractivity contribution in [3.8, 4) is 0 Å². The lowest BCUT2D eigenvalue weighted by Gasteiger charge is -2.40. The Morgan fingerprint density at radius 2 is 1.76 bits per heavy atom. The zero-order valence-electron chi connectivity index (χ0n) is 24.5. The van der Waals surface area contributed by atoms with Gasteiger partial charge in [0.1, 0.15) is 24.2 Å². The van der Waals surface area contributed by atoms with Crippen molar-refractivity contribution in [1.82, 2.24) is 15.5 Å². The summed E-state index contributed by atoms with van der Waals surface area (Å²) in [7, 11) is 0.